The number of rotatable bonds is 3. The van der Waals surface area contributed by atoms with Gasteiger partial charge in [-0.3, -0.25) is 4.79 Å². The SMILES string of the molecule is CC(C)(C)c1ccc(NC(=O)C2(c3ccccc3)CCCC2)cc1. The molecular formula is C22H27NO. The first-order valence-electron chi connectivity index (χ1n) is 8.89. The minimum atomic E-state index is -0.371. The first-order valence-corrected chi connectivity index (χ1v) is 8.89. The van der Waals surface area contributed by atoms with Gasteiger partial charge in [0.05, 0.1) is 5.41 Å². The number of anilines is 1. The molecule has 2 nitrogen and oxygen atoms in total. The van der Waals surface area contributed by atoms with Gasteiger partial charge in [-0.15, -0.1) is 0 Å². The number of carbonyl (C=O) groups excluding carboxylic acids is 1. The summed E-state index contributed by atoms with van der Waals surface area (Å²) in [4.78, 5) is 13.1. The number of carbonyl (C=O) groups is 1. The van der Waals surface area contributed by atoms with Crippen LogP contribution in [0.25, 0.3) is 0 Å². The number of hydrogen-bond acceptors (Lipinski definition) is 1. The molecule has 0 aliphatic heterocycles. The van der Waals surface area contributed by atoms with Gasteiger partial charge in [-0.1, -0.05) is 76.1 Å². The van der Waals surface area contributed by atoms with Crippen LogP contribution in [0.3, 0.4) is 0 Å². The van der Waals surface area contributed by atoms with Crippen LogP contribution in [0.4, 0.5) is 5.69 Å². The largest absolute Gasteiger partial charge is 0.325 e. The number of benzene rings is 2. The van der Waals surface area contributed by atoms with Gasteiger partial charge in [0.15, 0.2) is 0 Å². The Bertz CT molecular complexity index is 689. The quantitative estimate of drug-likeness (QED) is 0.802. The summed E-state index contributed by atoms with van der Waals surface area (Å²) in [6.07, 6.45) is 4.10. The minimum absolute atomic E-state index is 0.124. The zero-order valence-corrected chi connectivity index (χ0v) is 14.9. The zero-order valence-electron chi connectivity index (χ0n) is 14.9. The second-order valence-corrected chi connectivity index (χ2v) is 7.94. The van der Waals surface area contributed by atoms with E-state index < -0.39 is 0 Å². The summed E-state index contributed by atoms with van der Waals surface area (Å²) in [5, 5.41) is 3.16. The fraction of sp³-hybridized carbons (Fsp3) is 0.409. The highest BCUT2D eigenvalue weighted by atomic mass is 16.2. The Labute approximate surface area is 145 Å². The molecule has 1 amide bonds. The predicted octanol–water partition coefficient (Wildman–Crippen LogP) is 5.43. The van der Waals surface area contributed by atoms with Crippen molar-refractivity contribution < 1.29 is 4.79 Å². The second-order valence-electron chi connectivity index (χ2n) is 7.94. The maximum Gasteiger partial charge on any atom is 0.235 e. The molecule has 0 spiro atoms. The van der Waals surface area contributed by atoms with E-state index in [2.05, 4.69) is 50.4 Å². The van der Waals surface area contributed by atoms with Gasteiger partial charge in [-0.25, -0.2) is 0 Å². The van der Waals surface area contributed by atoms with Gasteiger partial charge in [0.25, 0.3) is 0 Å². The van der Waals surface area contributed by atoms with Crippen LogP contribution in [-0.4, -0.2) is 5.91 Å². The molecule has 1 N–H and O–H groups in total. The van der Waals surface area contributed by atoms with Crippen molar-refractivity contribution in [1.82, 2.24) is 0 Å². The van der Waals surface area contributed by atoms with Crippen molar-refractivity contribution in [2.45, 2.75) is 57.3 Å². The van der Waals surface area contributed by atoms with E-state index in [4.69, 9.17) is 0 Å². The molecule has 0 bridgehead atoms. The molecule has 1 saturated carbocycles. The van der Waals surface area contributed by atoms with Crippen molar-refractivity contribution in [3.05, 3.63) is 65.7 Å². The summed E-state index contributed by atoms with van der Waals surface area (Å²) in [5.74, 6) is 0.134. The molecule has 0 radical (unpaired) electrons. The lowest BCUT2D eigenvalue weighted by atomic mass is 9.78. The maximum atomic E-state index is 13.1. The van der Waals surface area contributed by atoms with Crippen LogP contribution in [0.15, 0.2) is 54.6 Å². The number of amides is 1. The molecule has 0 saturated heterocycles. The normalized spacial score (nSPS) is 16.8. The van der Waals surface area contributed by atoms with Gasteiger partial charge >= 0.3 is 0 Å². The Balaban J connectivity index is 1.82. The molecule has 1 fully saturated rings. The second kappa shape index (κ2) is 6.43. The predicted molar refractivity (Wildman–Crippen MR) is 100 cm³/mol. The van der Waals surface area contributed by atoms with Crippen LogP contribution in [0.1, 0.15) is 57.6 Å². The van der Waals surface area contributed by atoms with Gasteiger partial charge < -0.3 is 5.32 Å². The third kappa shape index (κ3) is 3.24. The van der Waals surface area contributed by atoms with Crippen LogP contribution in [0.5, 0.6) is 0 Å². The Morgan fingerprint density at radius 1 is 0.917 bits per heavy atom. The van der Waals surface area contributed by atoms with Gasteiger partial charge in [0.1, 0.15) is 0 Å². The van der Waals surface area contributed by atoms with Crippen molar-refractivity contribution in [3.8, 4) is 0 Å². The average Bonchev–Trinajstić information content (AvgIpc) is 3.06. The molecule has 126 valence electrons. The summed E-state index contributed by atoms with van der Waals surface area (Å²) in [6.45, 7) is 6.59. The molecule has 0 unspecified atom stereocenters. The Hall–Kier alpha value is -2.09. The number of hydrogen-bond donors (Lipinski definition) is 1. The monoisotopic (exact) mass is 321 g/mol. The highest BCUT2D eigenvalue weighted by Gasteiger charge is 2.42. The first-order chi connectivity index (χ1) is 11.4. The summed E-state index contributed by atoms with van der Waals surface area (Å²) in [6, 6.07) is 18.5. The van der Waals surface area contributed by atoms with E-state index in [1.165, 1.54) is 5.56 Å². The van der Waals surface area contributed by atoms with Crippen LogP contribution in [0, 0.1) is 0 Å². The van der Waals surface area contributed by atoms with Crippen LogP contribution in [0.2, 0.25) is 0 Å². The van der Waals surface area contributed by atoms with Crippen LogP contribution in [-0.2, 0) is 15.6 Å². The lowest BCUT2D eigenvalue weighted by Gasteiger charge is -2.28. The van der Waals surface area contributed by atoms with Gasteiger partial charge in [0.2, 0.25) is 5.91 Å². The third-order valence-electron chi connectivity index (χ3n) is 5.23. The summed E-state index contributed by atoms with van der Waals surface area (Å²) in [5.41, 5.74) is 3.06. The Kier molecular flexibility index (Phi) is 4.49. The highest BCUT2D eigenvalue weighted by Crippen LogP contribution is 2.42. The van der Waals surface area contributed by atoms with Crippen molar-refractivity contribution in [3.63, 3.8) is 0 Å². The van der Waals surface area contributed by atoms with Gasteiger partial charge in [0, 0.05) is 5.69 Å². The molecule has 24 heavy (non-hydrogen) atoms. The van der Waals surface area contributed by atoms with Crippen molar-refractivity contribution in [2.24, 2.45) is 0 Å². The topological polar surface area (TPSA) is 29.1 Å². The maximum absolute atomic E-state index is 13.1. The molecular weight excluding hydrogens is 294 g/mol. The molecule has 2 aromatic carbocycles. The van der Waals surface area contributed by atoms with Crippen molar-refractivity contribution >= 4 is 11.6 Å². The van der Waals surface area contributed by atoms with Gasteiger partial charge in [-0.2, -0.15) is 0 Å². The smallest absolute Gasteiger partial charge is 0.235 e. The van der Waals surface area contributed by atoms with Crippen LogP contribution < -0.4 is 5.32 Å². The molecule has 2 heteroatoms. The summed E-state index contributed by atoms with van der Waals surface area (Å²) in [7, 11) is 0. The molecule has 0 heterocycles. The van der Waals surface area contributed by atoms with E-state index in [1.807, 2.05) is 30.3 Å². The fourth-order valence-electron chi connectivity index (χ4n) is 3.69. The van der Waals surface area contributed by atoms with E-state index in [0.29, 0.717) is 0 Å². The standard InChI is InChI=1S/C22H27NO/c1-21(2,3)17-11-13-19(14-12-17)23-20(24)22(15-7-8-16-22)18-9-5-4-6-10-18/h4-6,9-14H,7-8,15-16H2,1-3H3,(H,23,24). The molecule has 0 aromatic heterocycles. The van der Waals surface area contributed by atoms with Gasteiger partial charge in [-0.05, 0) is 41.5 Å². The fourth-order valence-corrected chi connectivity index (χ4v) is 3.69. The average molecular weight is 321 g/mol. The Morgan fingerprint density at radius 3 is 2.04 bits per heavy atom. The molecule has 1 aliphatic rings. The van der Waals surface area contributed by atoms with Crippen LogP contribution >= 0.6 is 0 Å². The molecule has 2 aromatic rings. The van der Waals surface area contributed by atoms with Crippen molar-refractivity contribution in [1.29, 1.82) is 0 Å². The molecule has 3 rings (SSSR count). The lowest BCUT2D eigenvalue weighted by Crippen LogP contribution is -2.37. The summed E-state index contributed by atoms with van der Waals surface area (Å²) < 4.78 is 0. The highest BCUT2D eigenvalue weighted by molar-refractivity contribution is 5.99. The van der Waals surface area contributed by atoms with E-state index in [-0.39, 0.29) is 16.7 Å². The third-order valence-corrected chi connectivity index (χ3v) is 5.23. The summed E-state index contributed by atoms with van der Waals surface area (Å²) >= 11 is 0. The first kappa shape index (κ1) is 16.8. The minimum Gasteiger partial charge on any atom is -0.325 e. The van der Waals surface area contributed by atoms with Crippen molar-refractivity contribution in [2.75, 3.05) is 5.32 Å². The lowest BCUT2D eigenvalue weighted by molar-refractivity contribution is -0.121. The van der Waals surface area contributed by atoms with E-state index in [0.717, 1.165) is 36.9 Å². The Morgan fingerprint density at radius 2 is 1.50 bits per heavy atom. The molecule has 0 atom stereocenters. The number of nitrogens with one attached hydrogen (secondary N) is 1. The van der Waals surface area contributed by atoms with E-state index in [9.17, 15) is 4.79 Å². The zero-order chi connectivity index (χ0) is 17.2. The van der Waals surface area contributed by atoms with E-state index in [1.54, 1.807) is 0 Å². The molecule has 1 aliphatic carbocycles. The van der Waals surface area contributed by atoms with E-state index >= 15 is 0 Å².